The quantitative estimate of drug-likeness (QED) is 0.884. The van der Waals surface area contributed by atoms with Crippen LogP contribution in [0.4, 0.5) is 4.39 Å². The molecule has 2 aromatic rings. The van der Waals surface area contributed by atoms with Crippen molar-refractivity contribution < 1.29 is 18.8 Å². The number of carbonyl (C=O) groups is 1. The fraction of sp³-hybridized carbons (Fsp3) is 0.167. The number of aliphatic carboxylic acids is 1. The summed E-state index contributed by atoms with van der Waals surface area (Å²) in [6.45, 7) is 0. The number of aromatic nitrogens is 1. The first-order valence-electron chi connectivity index (χ1n) is 5.08. The third kappa shape index (κ3) is 2.90. The average molecular weight is 235 g/mol. The minimum Gasteiger partial charge on any atom is -0.481 e. The molecule has 0 saturated carbocycles. The normalized spacial score (nSPS) is 10.4. The van der Waals surface area contributed by atoms with Gasteiger partial charge in [0.05, 0.1) is 12.1 Å². The standard InChI is InChI=1S/C12H10FNO3/c13-9-3-1-8(2-4-9)11-7-10(14-17-11)5-6-12(15)16/h1-4,7H,5-6H2,(H,15,16). The highest BCUT2D eigenvalue weighted by molar-refractivity contribution is 5.67. The summed E-state index contributed by atoms with van der Waals surface area (Å²) in [5.41, 5.74) is 1.28. The average Bonchev–Trinajstić information content (AvgIpc) is 2.76. The summed E-state index contributed by atoms with van der Waals surface area (Å²) in [5, 5.41) is 12.3. The van der Waals surface area contributed by atoms with E-state index in [0.717, 1.165) is 0 Å². The first-order valence-corrected chi connectivity index (χ1v) is 5.08. The van der Waals surface area contributed by atoms with Crippen molar-refractivity contribution in [3.05, 3.63) is 41.8 Å². The van der Waals surface area contributed by atoms with Gasteiger partial charge in [-0.2, -0.15) is 0 Å². The van der Waals surface area contributed by atoms with E-state index in [2.05, 4.69) is 5.16 Å². The van der Waals surface area contributed by atoms with E-state index in [1.165, 1.54) is 12.1 Å². The van der Waals surface area contributed by atoms with Gasteiger partial charge in [0.15, 0.2) is 5.76 Å². The van der Waals surface area contributed by atoms with E-state index >= 15 is 0 Å². The van der Waals surface area contributed by atoms with Crippen molar-refractivity contribution in [1.82, 2.24) is 5.16 Å². The van der Waals surface area contributed by atoms with Crippen molar-refractivity contribution in [2.75, 3.05) is 0 Å². The molecule has 0 amide bonds. The van der Waals surface area contributed by atoms with Crippen LogP contribution in [0.15, 0.2) is 34.9 Å². The molecule has 0 aliphatic carbocycles. The Morgan fingerprint density at radius 1 is 1.35 bits per heavy atom. The summed E-state index contributed by atoms with van der Waals surface area (Å²) in [4.78, 5) is 10.4. The lowest BCUT2D eigenvalue weighted by molar-refractivity contribution is -0.136. The number of carboxylic acids is 1. The highest BCUT2D eigenvalue weighted by Crippen LogP contribution is 2.20. The summed E-state index contributed by atoms with van der Waals surface area (Å²) in [6.07, 6.45) is 0.329. The summed E-state index contributed by atoms with van der Waals surface area (Å²) < 4.78 is 17.8. The van der Waals surface area contributed by atoms with Gasteiger partial charge in [0.25, 0.3) is 0 Å². The van der Waals surface area contributed by atoms with Crippen LogP contribution in [-0.4, -0.2) is 16.2 Å². The Morgan fingerprint density at radius 2 is 2.06 bits per heavy atom. The number of halogens is 1. The van der Waals surface area contributed by atoms with Crippen LogP contribution in [0, 0.1) is 5.82 Å². The zero-order valence-electron chi connectivity index (χ0n) is 8.89. The highest BCUT2D eigenvalue weighted by Gasteiger charge is 2.08. The van der Waals surface area contributed by atoms with E-state index < -0.39 is 5.97 Å². The van der Waals surface area contributed by atoms with Crippen LogP contribution in [0.5, 0.6) is 0 Å². The van der Waals surface area contributed by atoms with Gasteiger partial charge in [-0.25, -0.2) is 4.39 Å². The van der Waals surface area contributed by atoms with Gasteiger partial charge in [-0.15, -0.1) is 0 Å². The molecule has 0 atom stereocenters. The van der Waals surface area contributed by atoms with Gasteiger partial charge in [-0.3, -0.25) is 4.79 Å². The number of benzene rings is 1. The molecule has 1 aromatic carbocycles. The molecule has 17 heavy (non-hydrogen) atoms. The molecular weight excluding hydrogens is 225 g/mol. The zero-order chi connectivity index (χ0) is 12.3. The lowest BCUT2D eigenvalue weighted by Gasteiger charge is -1.93. The minimum atomic E-state index is -0.878. The maximum atomic E-state index is 12.7. The fourth-order valence-electron chi connectivity index (χ4n) is 1.41. The van der Waals surface area contributed by atoms with Gasteiger partial charge in [-0.05, 0) is 24.3 Å². The second-order valence-electron chi connectivity index (χ2n) is 3.58. The molecule has 0 bridgehead atoms. The SMILES string of the molecule is O=C(O)CCc1cc(-c2ccc(F)cc2)on1. The van der Waals surface area contributed by atoms with E-state index in [1.54, 1.807) is 18.2 Å². The Labute approximate surface area is 96.7 Å². The second-order valence-corrected chi connectivity index (χ2v) is 3.58. The second kappa shape index (κ2) is 4.78. The van der Waals surface area contributed by atoms with Crippen LogP contribution >= 0.6 is 0 Å². The molecule has 0 saturated heterocycles. The predicted octanol–water partition coefficient (Wildman–Crippen LogP) is 2.50. The lowest BCUT2D eigenvalue weighted by atomic mass is 10.1. The summed E-state index contributed by atoms with van der Waals surface area (Å²) in [6, 6.07) is 7.48. The molecule has 2 rings (SSSR count). The predicted molar refractivity (Wildman–Crippen MR) is 57.9 cm³/mol. The summed E-state index contributed by atoms with van der Waals surface area (Å²) in [5.74, 6) is -0.693. The van der Waals surface area contributed by atoms with E-state index in [4.69, 9.17) is 9.63 Å². The molecule has 1 aromatic heterocycles. The smallest absolute Gasteiger partial charge is 0.303 e. The number of hydrogen-bond acceptors (Lipinski definition) is 3. The minimum absolute atomic E-state index is 0.00932. The Hall–Kier alpha value is -2.17. The van der Waals surface area contributed by atoms with Crippen molar-refractivity contribution in [2.24, 2.45) is 0 Å². The molecular formula is C12H10FNO3. The van der Waals surface area contributed by atoms with Crippen molar-refractivity contribution >= 4 is 5.97 Å². The summed E-state index contributed by atoms with van der Waals surface area (Å²) in [7, 11) is 0. The van der Waals surface area contributed by atoms with Crippen molar-refractivity contribution in [3.63, 3.8) is 0 Å². The third-order valence-electron chi connectivity index (χ3n) is 2.28. The number of nitrogens with zero attached hydrogens (tertiary/aromatic N) is 1. The van der Waals surface area contributed by atoms with Crippen molar-refractivity contribution in [3.8, 4) is 11.3 Å². The third-order valence-corrected chi connectivity index (χ3v) is 2.28. The molecule has 0 aliphatic heterocycles. The maximum Gasteiger partial charge on any atom is 0.303 e. The van der Waals surface area contributed by atoms with E-state index in [9.17, 15) is 9.18 Å². The number of rotatable bonds is 4. The first kappa shape index (κ1) is 11.3. The number of aryl methyl sites for hydroxylation is 1. The van der Waals surface area contributed by atoms with Gasteiger partial charge >= 0.3 is 5.97 Å². The first-order chi connectivity index (χ1) is 8.15. The Bertz CT molecular complexity index is 519. The molecule has 5 heteroatoms. The molecule has 0 radical (unpaired) electrons. The Kier molecular flexibility index (Phi) is 3.18. The van der Waals surface area contributed by atoms with Crippen molar-refractivity contribution in [1.29, 1.82) is 0 Å². The van der Waals surface area contributed by atoms with Crippen molar-refractivity contribution in [2.45, 2.75) is 12.8 Å². The van der Waals surface area contributed by atoms with Gasteiger partial charge in [0, 0.05) is 18.1 Å². The molecule has 1 heterocycles. The topological polar surface area (TPSA) is 63.3 Å². The monoisotopic (exact) mass is 235 g/mol. The molecule has 4 nitrogen and oxygen atoms in total. The number of hydrogen-bond donors (Lipinski definition) is 1. The van der Waals surface area contributed by atoms with Gasteiger partial charge < -0.3 is 9.63 Å². The largest absolute Gasteiger partial charge is 0.481 e. The molecule has 0 aliphatic rings. The van der Waals surface area contributed by atoms with Crippen LogP contribution < -0.4 is 0 Å². The maximum absolute atomic E-state index is 12.7. The molecule has 0 spiro atoms. The number of carboxylic acid groups (broad SMARTS) is 1. The lowest BCUT2D eigenvalue weighted by Crippen LogP contribution is -1.97. The summed E-state index contributed by atoms with van der Waals surface area (Å²) >= 11 is 0. The van der Waals surface area contributed by atoms with E-state index in [0.29, 0.717) is 23.4 Å². The highest BCUT2D eigenvalue weighted by atomic mass is 19.1. The van der Waals surface area contributed by atoms with Crippen LogP contribution in [0.1, 0.15) is 12.1 Å². The van der Waals surface area contributed by atoms with Crippen LogP contribution in [0.3, 0.4) is 0 Å². The van der Waals surface area contributed by atoms with Gasteiger partial charge in [0.2, 0.25) is 0 Å². The molecule has 0 unspecified atom stereocenters. The fourth-order valence-corrected chi connectivity index (χ4v) is 1.41. The van der Waals surface area contributed by atoms with Gasteiger partial charge in [-0.1, -0.05) is 5.16 Å². The van der Waals surface area contributed by atoms with Gasteiger partial charge in [0.1, 0.15) is 5.82 Å². The molecule has 1 N–H and O–H groups in total. The van der Waals surface area contributed by atoms with Crippen LogP contribution in [0.25, 0.3) is 11.3 Å². The zero-order valence-corrected chi connectivity index (χ0v) is 8.89. The molecule has 0 fully saturated rings. The van der Waals surface area contributed by atoms with Crippen LogP contribution in [-0.2, 0) is 11.2 Å². The Morgan fingerprint density at radius 3 is 2.71 bits per heavy atom. The molecule has 88 valence electrons. The Balaban J connectivity index is 2.12. The van der Waals surface area contributed by atoms with E-state index in [-0.39, 0.29) is 12.2 Å². The van der Waals surface area contributed by atoms with E-state index in [1.807, 2.05) is 0 Å². The van der Waals surface area contributed by atoms with Crippen LogP contribution in [0.2, 0.25) is 0 Å².